The van der Waals surface area contributed by atoms with Crippen LogP contribution < -0.4 is 0 Å². The monoisotopic (exact) mass is 307 g/mol. The molecule has 0 spiro atoms. The molecule has 0 atom stereocenters. The number of rotatable bonds is 2. The third-order valence-electron chi connectivity index (χ3n) is 2.99. The number of nitriles is 1. The van der Waals surface area contributed by atoms with Gasteiger partial charge in [-0.1, -0.05) is 23.9 Å². The van der Waals surface area contributed by atoms with Crippen molar-refractivity contribution in [2.24, 2.45) is 0 Å². The lowest BCUT2D eigenvalue weighted by Gasteiger charge is -2.11. The number of hydrogen-bond acceptors (Lipinski definition) is 2. The summed E-state index contributed by atoms with van der Waals surface area (Å²) in [5.74, 6) is 0. The van der Waals surface area contributed by atoms with Crippen LogP contribution in [0.2, 0.25) is 0 Å². The van der Waals surface area contributed by atoms with E-state index in [9.17, 15) is 13.2 Å². The number of alkyl halides is 3. The topological polar surface area (TPSA) is 23.8 Å². The zero-order chi connectivity index (χ0) is 15.6. The Bertz CT molecular complexity index is 714. The Morgan fingerprint density at radius 3 is 2.38 bits per heavy atom. The fourth-order valence-corrected chi connectivity index (χ4v) is 2.91. The van der Waals surface area contributed by atoms with Crippen LogP contribution in [0.5, 0.6) is 0 Å². The van der Waals surface area contributed by atoms with Crippen molar-refractivity contribution in [3.8, 4) is 6.07 Å². The summed E-state index contributed by atoms with van der Waals surface area (Å²) in [6, 6.07) is 11.2. The molecule has 108 valence electrons. The van der Waals surface area contributed by atoms with Gasteiger partial charge in [-0.25, -0.2) is 0 Å². The molecule has 0 aromatic heterocycles. The van der Waals surface area contributed by atoms with E-state index in [2.05, 4.69) is 0 Å². The Hall–Kier alpha value is -1.93. The lowest BCUT2D eigenvalue weighted by Crippen LogP contribution is -2.07. The maximum Gasteiger partial charge on any atom is 0.417 e. The van der Waals surface area contributed by atoms with Crippen LogP contribution in [0.3, 0.4) is 0 Å². The van der Waals surface area contributed by atoms with Crippen LogP contribution in [0.1, 0.15) is 22.3 Å². The van der Waals surface area contributed by atoms with Crippen LogP contribution in [-0.4, -0.2) is 0 Å². The molecule has 0 aliphatic heterocycles. The fourth-order valence-electron chi connectivity index (χ4n) is 1.87. The SMILES string of the molecule is Cc1ccc(C)c(Sc2ccc(C(F)(F)F)c(C#N)c2)c1. The summed E-state index contributed by atoms with van der Waals surface area (Å²) in [5, 5.41) is 8.91. The first-order chi connectivity index (χ1) is 9.81. The van der Waals surface area contributed by atoms with Gasteiger partial charge >= 0.3 is 6.18 Å². The highest BCUT2D eigenvalue weighted by Gasteiger charge is 2.33. The summed E-state index contributed by atoms with van der Waals surface area (Å²) in [5.41, 5.74) is 0.882. The second-order valence-corrected chi connectivity index (χ2v) is 5.80. The molecular formula is C16H12F3NS. The molecule has 0 unspecified atom stereocenters. The summed E-state index contributed by atoms with van der Waals surface area (Å²) in [6.45, 7) is 3.90. The normalized spacial score (nSPS) is 11.2. The van der Waals surface area contributed by atoms with Crippen molar-refractivity contribution in [3.05, 3.63) is 58.7 Å². The van der Waals surface area contributed by atoms with E-state index in [-0.39, 0.29) is 5.56 Å². The molecule has 0 aliphatic carbocycles. The number of nitrogens with zero attached hydrogens (tertiary/aromatic N) is 1. The van der Waals surface area contributed by atoms with Gasteiger partial charge in [0.1, 0.15) is 0 Å². The van der Waals surface area contributed by atoms with Gasteiger partial charge in [0.05, 0.1) is 17.2 Å². The molecule has 2 aromatic carbocycles. The van der Waals surface area contributed by atoms with E-state index in [1.54, 1.807) is 6.07 Å². The third-order valence-corrected chi connectivity index (χ3v) is 4.14. The Morgan fingerprint density at radius 1 is 1.05 bits per heavy atom. The van der Waals surface area contributed by atoms with E-state index >= 15 is 0 Å². The van der Waals surface area contributed by atoms with E-state index in [0.717, 1.165) is 22.1 Å². The standard InChI is InChI=1S/C16H12F3NS/c1-10-3-4-11(2)15(7-10)21-13-5-6-14(16(17,18)19)12(8-13)9-20/h3-8H,1-2H3. The van der Waals surface area contributed by atoms with Gasteiger partial charge in [-0.05, 0) is 49.2 Å². The fraction of sp³-hybridized carbons (Fsp3) is 0.188. The summed E-state index contributed by atoms with van der Waals surface area (Å²) < 4.78 is 38.3. The van der Waals surface area contributed by atoms with Crippen molar-refractivity contribution in [3.63, 3.8) is 0 Å². The molecule has 1 nitrogen and oxygen atoms in total. The maximum atomic E-state index is 12.8. The second kappa shape index (κ2) is 5.82. The van der Waals surface area contributed by atoms with Gasteiger partial charge < -0.3 is 0 Å². The molecule has 0 saturated heterocycles. The molecule has 21 heavy (non-hydrogen) atoms. The third kappa shape index (κ3) is 3.59. The first-order valence-electron chi connectivity index (χ1n) is 6.17. The van der Waals surface area contributed by atoms with Crippen LogP contribution in [-0.2, 0) is 6.18 Å². The molecule has 2 rings (SSSR count). The molecule has 0 aliphatic rings. The Kier molecular flexibility index (Phi) is 4.29. The van der Waals surface area contributed by atoms with Gasteiger partial charge in [0.25, 0.3) is 0 Å². The highest BCUT2D eigenvalue weighted by molar-refractivity contribution is 7.99. The van der Waals surface area contributed by atoms with Crippen LogP contribution in [0.25, 0.3) is 0 Å². The number of hydrogen-bond donors (Lipinski definition) is 0. The summed E-state index contributed by atoms with van der Waals surface area (Å²) in [4.78, 5) is 1.59. The second-order valence-electron chi connectivity index (χ2n) is 4.69. The van der Waals surface area contributed by atoms with Crippen molar-refractivity contribution in [2.75, 3.05) is 0 Å². The van der Waals surface area contributed by atoms with Crippen molar-refractivity contribution >= 4 is 11.8 Å². The molecular weight excluding hydrogens is 295 g/mol. The summed E-state index contributed by atoms with van der Waals surface area (Å²) >= 11 is 1.36. The zero-order valence-corrected chi connectivity index (χ0v) is 12.3. The predicted molar refractivity (Wildman–Crippen MR) is 76.2 cm³/mol. The molecule has 0 N–H and O–H groups in total. The van der Waals surface area contributed by atoms with E-state index in [0.29, 0.717) is 4.90 Å². The lowest BCUT2D eigenvalue weighted by molar-refractivity contribution is -0.137. The average Bonchev–Trinajstić information content (AvgIpc) is 2.41. The minimum absolute atomic E-state index is 0.349. The van der Waals surface area contributed by atoms with E-state index in [4.69, 9.17) is 5.26 Å². The zero-order valence-electron chi connectivity index (χ0n) is 11.5. The summed E-state index contributed by atoms with van der Waals surface area (Å²) in [7, 11) is 0. The van der Waals surface area contributed by atoms with Crippen LogP contribution in [0.4, 0.5) is 13.2 Å². The molecule has 0 heterocycles. The largest absolute Gasteiger partial charge is 0.417 e. The van der Waals surface area contributed by atoms with Gasteiger partial charge in [0, 0.05) is 9.79 Å². The van der Waals surface area contributed by atoms with Crippen molar-refractivity contribution < 1.29 is 13.2 Å². The highest BCUT2D eigenvalue weighted by atomic mass is 32.2. The molecule has 2 aromatic rings. The van der Waals surface area contributed by atoms with Gasteiger partial charge in [-0.15, -0.1) is 0 Å². The highest BCUT2D eigenvalue weighted by Crippen LogP contribution is 2.36. The minimum Gasteiger partial charge on any atom is -0.192 e. The van der Waals surface area contributed by atoms with Gasteiger partial charge in [-0.2, -0.15) is 18.4 Å². The Morgan fingerprint density at radius 2 is 1.76 bits per heavy atom. The molecule has 0 bridgehead atoms. The average molecular weight is 307 g/mol. The van der Waals surface area contributed by atoms with Crippen LogP contribution >= 0.6 is 11.8 Å². The van der Waals surface area contributed by atoms with Crippen LogP contribution in [0, 0.1) is 25.2 Å². The smallest absolute Gasteiger partial charge is 0.192 e. The quantitative estimate of drug-likeness (QED) is 0.747. The Labute approximate surface area is 125 Å². The van der Waals surface area contributed by atoms with Gasteiger partial charge in [0.2, 0.25) is 0 Å². The first-order valence-corrected chi connectivity index (χ1v) is 6.99. The van der Waals surface area contributed by atoms with Crippen molar-refractivity contribution in [1.82, 2.24) is 0 Å². The number of benzene rings is 2. The van der Waals surface area contributed by atoms with Crippen molar-refractivity contribution in [1.29, 1.82) is 5.26 Å². The lowest BCUT2D eigenvalue weighted by atomic mass is 10.1. The minimum atomic E-state index is -4.51. The van der Waals surface area contributed by atoms with Crippen molar-refractivity contribution in [2.45, 2.75) is 29.8 Å². The first kappa shape index (κ1) is 15.5. The van der Waals surface area contributed by atoms with E-state index in [1.165, 1.54) is 23.9 Å². The predicted octanol–water partition coefficient (Wildman–Crippen LogP) is 5.35. The summed E-state index contributed by atoms with van der Waals surface area (Å²) in [6.07, 6.45) is -4.51. The molecule has 0 saturated carbocycles. The Balaban J connectivity index is 2.39. The number of aryl methyl sites for hydroxylation is 2. The van der Waals surface area contributed by atoms with Crippen LogP contribution in [0.15, 0.2) is 46.2 Å². The molecule has 5 heteroatoms. The van der Waals surface area contributed by atoms with E-state index in [1.807, 2.05) is 32.0 Å². The van der Waals surface area contributed by atoms with Gasteiger partial charge in [0.15, 0.2) is 0 Å². The number of halogens is 3. The molecule has 0 radical (unpaired) electrons. The van der Waals surface area contributed by atoms with Gasteiger partial charge in [-0.3, -0.25) is 0 Å². The van der Waals surface area contributed by atoms with E-state index < -0.39 is 11.7 Å². The maximum absolute atomic E-state index is 12.8. The molecule has 0 fully saturated rings. The molecule has 0 amide bonds.